The lowest BCUT2D eigenvalue weighted by Crippen LogP contribution is -2.06. The van der Waals surface area contributed by atoms with Crippen LogP contribution in [0.25, 0.3) is 33.1 Å². The Labute approximate surface area is 162 Å². The van der Waals surface area contributed by atoms with Gasteiger partial charge in [-0.2, -0.15) is 13.2 Å². The van der Waals surface area contributed by atoms with Crippen LogP contribution in [0, 0.1) is 5.82 Å². The molecule has 5 aromatic rings. The van der Waals surface area contributed by atoms with Gasteiger partial charge in [0, 0.05) is 18.0 Å². The predicted molar refractivity (Wildman–Crippen MR) is 103 cm³/mol. The lowest BCUT2D eigenvalue weighted by atomic mass is 10.1. The van der Waals surface area contributed by atoms with E-state index in [2.05, 4.69) is 9.97 Å². The van der Waals surface area contributed by atoms with Crippen molar-refractivity contribution in [2.45, 2.75) is 12.7 Å². The highest BCUT2D eigenvalue weighted by molar-refractivity contribution is 6.06. The molecule has 0 aliphatic rings. The smallest absolute Gasteiger partial charge is 0.319 e. The molecule has 0 fully saturated rings. The average Bonchev–Trinajstić information content (AvgIpc) is 2.99. The first-order valence-corrected chi connectivity index (χ1v) is 8.90. The van der Waals surface area contributed by atoms with Crippen molar-refractivity contribution < 1.29 is 17.6 Å². The van der Waals surface area contributed by atoms with Gasteiger partial charge in [0.15, 0.2) is 5.65 Å². The van der Waals surface area contributed by atoms with E-state index in [1.165, 1.54) is 24.3 Å². The lowest BCUT2D eigenvalue weighted by Gasteiger charge is -2.10. The second-order valence-electron chi connectivity index (χ2n) is 6.83. The number of fused-ring (bicyclic) bond motifs is 4. The molecular weight excluding hydrogens is 382 g/mol. The Morgan fingerprint density at radius 2 is 1.59 bits per heavy atom. The van der Waals surface area contributed by atoms with Gasteiger partial charge in [-0.05, 0) is 35.9 Å². The zero-order chi connectivity index (χ0) is 20.2. The summed E-state index contributed by atoms with van der Waals surface area (Å²) in [5.74, 6) is -0.389. The Hall–Kier alpha value is -3.48. The summed E-state index contributed by atoms with van der Waals surface area (Å²) in [4.78, 5) is 9.27. The molecule has 29 heavy (non-hydrogen) atoms. The van der Waals surface area contributed by atoms with Crippen molar-refractivity contribution in [1.82, 2.24) is 14.5 Å². The molecule has 0 saturated carbocycles. The van der Waals surface area contributed by atoms with Crippen LogP contribution in [0.3, 0.4) is 0 Å². The number of para-hydroxylation sites is 1. The molecule has 7 heteroatoms. The van der Waals surface area contributed by atoms with Crippen molar-refractivity contribution in [1.29, 1.82) is 0 Å². The highest BCUT2D eigenvalue weighted by Crippen LogP contribution is 2.31. The van der Waals surface area contributed by atoms with E-state index < -0.39 is 11.7 Å². The highest BCUT2D eigenvalue weighted by atomic mass is 19.4. The minimum atomic E-state index is -4.37. The molecule has 3 aromatic carbocycles. The molecule has 0 N–H and O–H groups in total. The van der Waals surface area contributed by atoms with Crippen LogP contribution in [-0.2, 0) is 12.7 Å². The first-order valence-electron chi connectivity index (χ1n) is 8.90. The van der Waals surface area contributed by atoms with Gasteiger partial charge in [0.05, 0.1) is 22.1 Å². The molecule has 0 atom stereocenters. The molecular formula is C22H13F4N3. The molecule has 2 aromatic heterocycles. The van der Waals surface area contributed by atoms with Crippen molar-refractivity contribution >= 4 is 33.1 Å². The predicted octanol–water partition coefficient (Wildman–Crippen LogP) is 5.94. The van der Waals surface area contributed by atoms with Crippen LogP contribution < -0.4 is 0 Å². The van der Waals surface area contributed by atoms with E-state index in [0.717, 1.165) is 23.0 Å². The fourth-order valence-electron chi connectivity index (χ4n) is 3.55. The monoisotopic (exact) mass is 395 g/mol. The lowest BCUT2D eigenvalue weighted by molar-refractivity contribution is -0.137. The second kappa shape index (κ2) is 6.27. The molecule has 144 valence electrons. The van der Waals surface area contributed by atoms with Crippen molar-refractivity contribution in [3.63, 3.8) is 0 Å². The van der Waals surface area contributed by atoms with E-state index in [0.29, 0.717) is 34.3 Å². The fourth-order valence-corrected chi connectivity index (χ4v) is 3.55. The molecule has 5 rings (SSSR count). The SMILES string of the molecule is Fc1ccc2nc3c(nc2c1)c1ccccc1n3Cc1ccc(C(F)(F)F)cc1. The van der Waals surface area contributed by atoms with Crippen molar-refractivity contribution in [2.75, 3.05) is 0 Å². The van der Waals surface area contributed by atoms with Crippen LogP contribution in [0.15, 0.2) is 66.7 Å². The average molecular weight is 395 g/mol. The molecule has 0 unspecified atom stereocenters. The maximum absolute atomic E-state index is 13.6. The summed E-state index contributed by atoms with van der Waals surface area (Å²) < 4.78 is 54.0. The summed E-state index contributed by atoms with van der Waals surface area (Å²) in [7, 11) is 0. The third kappa shape index (κ3) is 2.99. The van der Waals surface area contributed by atoms with E-state index in [-0.39, 0.29) is 5.82 Å². The number of rotatable bonds is 2. The standard InChI is InChI=1S/C22H13F4N3/c23-15-9-10-17-18(11-15)27-20-16-3-1-2-4-19(16)29(21(20)28-17)12-13-5-7-14(8-6-13)22(24,25)26/h1-11H,12H2. The summed E-state index contributed by atoms with van der Waals surface area (Å²) in [6, 6.07) is 16.9. The molecule has 0 bridgehead atoms. The summed E-state index contributed by atoms with van der Waals surface area (Å²) in [5, 5.41) is 0.855. The van der Waals surface area contributed by atoms with E-state index in [1.54, 1.807) is 6.07 Å². The number of hydrogen-bond acceptors (Lipinski definition) is 2. The molecule has 2 heterocycles. The number of hydrogen-bond donors (Lipinski definition) is 0. The van der Waals surface area contributed by atoms with Crippen molar-refractivity contribution in [2.24, 2.45) is 0 Å². The third-order valence-electron chi connectivity index (χ3n) is 4.94. The van der Waals surface area contributed by atoms with Gasteiger partial charge in [-0.15, -0.1) is 0 Å². The quantitative estimate of drug-likeness (QED) is 0.346. The van der Waals surface area contributed by atoms with Gasteiger partial charge in [0.2, 0.25) is 0 Å². The van der Waals surface area contributed by atoms with Crippen LogP contribution in [0.2, 0.25) is 0 Å². The zero-order valence-corrected chi connectivity index (χ0v) is 14.9. The molecule has 3 nitrogen and oxygen atoms in total. The summed E-state index contributed by atoms with van der Waals surface area (Å²) in [6.07, 6.45) is -4.37. The van der Waals surface area contributed by atoms with Crippen molar-refractivity contribution in [3.8, 4) is 0 Å². The first kappa shape index (κ1) is 17.6. The van der Waals surface area contributed by atoms with E-state index in [1.807, 2.05) is 28.8 Å². The Bertz CT molecular complexity index is 1370. The molecule has 0 aliphatic carbocycles. The fraction of sp³-hybridized carbons (Fsp3) is 0.0909. The molecule has 0 aliphatic heterocycles. The molecule has 0 saturated heterocycles. The van der Waals surface area contributed by atoms with Crippen LogP contribution >= 0.6 is 0 Å². The number of halogens is 4. The Morgan fingerprint density at radius 1 is 0.828 bits per heavy atom. The Kier molecular flexibility index (Phi) is 3.81. The van der Waals surface area contributed by atoms with Crippen LogP contribution in [0.4, 0.5) is 17.6 Å². The van der Waals surface area contributed by atoms with Gasteiger partial charge < -0.3 is 4.57 Å². The van der Waals surface area contributed by atoms with Crippen LogP contribution in [0.5, 0.6) is 0 Å². The van der Waals surface area contributed by atoms with E-state index >= 15 is 0 Å². The van der Waals surface area contributed by atoms with Crippen molar-refractivity contribution in [3.05, 3.63) is 83.7 Å². The topological polar surface area (TPSA) is 30.7 Å². The Balaban J connectivity index is 1.70. The van der Waals surface area contributed by atoms with Gasteiger partial charge in [-0.1, -0.05) is 30.3 Å². The maximum atomic E-state index is 13.6. The second-order valence-corrected chi connectivity index (χ2v) is 6.83. The highest BCUT2D eigenvalue weighted by Gasteiger charge is 2.30. The Morgan fingerprint density at radius 3 is 2.34 bits per heavy atom. The number of benzene rings is 3. The summed E-state index contributed by atoms with van der Waals surface area (Å²) in [6.45, 7) is 0.337. The minimum Gasteiger partial charge on any atom is -0.319 e. The summed E-state index contributed by atoms with van der Waals surface area (Å²) >= 11 is 0. The van der Waals surface area contributed by atoms with Gasteiger partial charge >= 0.3 is 6.18 Å². The van der Waals surface area contributed by atoms with E-state index in [9.17, 15) is 17.6 Å². The molecule has 0 spiro atoms. The zero-order valence-electron chi connectivity index (χ0n) is 14.9. The summed E-state index contributed by atoms with van der Waals surface area (Å²) in [5.41, 5.74) is 3.12. The van der Waals surface area contributed by atoms with Gasteiger partial charge in [-0.25, -0.2) is 14.4 Å². The molecule has 0 radical (unpaired) electrons. The molecule has 0 amide bonds. The largest absolute Gasteiger partial charge is 0.416 e. The number of nitrogens with zero attached hydrogens (tertiary/aromatic N) is 3. The normalized spacial score (nSPS) is 12.3. The minimum absolute atomic E-state index is 0.337. The number of aromatic nitrogens is 3. The van der Waals surface area contributed by atoms with Crippen LogP contribution in [0.1, 0.15) is 11.1 Å². The maximum Gasteiger partial charge on any atom is 0.416 e. The number of alkyl halides is 3. The van der Waals surface area contributed by atoms with E-state index in [4.69, 9.17) is 0 Å². The van der Waals surface area contributed by atoms with Gasteiger partial charge in [0.1, 0.15) is 11.3 Å². The third-order valence-corrected chi connectivity index (χ3v) is 4.94. The van der Waals surface area contributed by atoms with Gasteiger partial charge in [-0.3, -0.25) is 0 Å². The first-order chi connectivity index (χ1) is 13.9. The van der Waals surface area contributed by atoms with Gasteiger partial charge in [0.25, 0.3) is 0 Å². The van der Waals surface area contributed by atoms with Crippen LogP contribution in [-0.4, -0.2) is 14.5 Å².